The average Bonchev–Trinajstić information content (AvgIpc) is 2.76. The Labute approximate surface area is 142 Å². The standard InChI is InChI=1S/C13H13Br2N3O4/c1-18-4-2-3-6(10-9(14)12(15)17-16-10)11(18)7(13(21)22)5-8(19)20/h3,5,11H,2,4H2,1H3,(H,16,17)(H,19,20)(H,21,22). The summed E-state index contributed by atoms with van der Waals surface area (Å²) >= 11 is 6.68. The van der Waals surface area contributed by atoms with E-state index in [9.17, 15) is 14.7 Å². The molecule has 1 unspecified atom stereocenters. The van der Waals surface area contributed by atoms with Gasteiger partial charge in [-0.3, -0.25) is 10.00 Å². The van der Waals surface area contributed by atoms with E-state index >= 15 is 0 Å². The second-order valence-electron chi connectivity index (χ2n) is 4.77. The molecular weight excluding hydrogens is 422 g/mol. The number of carbonyl (C=O) groups is 2. The lowest BCUT2D eigenvalue weighted by Crippen LogP contribution is -2.40. The van der Waals surface area contributed by atoms with Crippen LogP contribution in [0.4, 0.5) is 0 Å². The summed E-state index contributed by atoms with van der Waals surface area (Å²) in [5.41, 5.74) is 1.01. The van der Waals surface area contributed by atoms with Crippen molar-refractivity contribution in [2.75, 3.05) is 13.6 Å². The molecule has 0 fully saturated rings. The van der Waals surface area contributed by atoms with Crippen LogP contribution in [0.1, 0.15) is 12.1 Å². The fourth-order valence-electron chi connectivity index (χ4n) is 2.42. The number of aromatic amines is 1. The van der Waals surface area contributed by atoms with Crippen LogP contribution in [0.25, 0.3) is 5.57 Å². The normalized spacial score (nSPS) is 19.9. The number of likely N-dealkylation sites (N-methyl/N-ethyl adjacent to an activating group) is 1. The molecule has 0 bridgehead atoms. The zero-order valence-electron chi connectivity index (χ0n) is 11.5. The van der Waals surface area contributed by atoms with Crippen molar-refractivity contribution in [3.63, 3.8) is 0 Å². The van der Waals surface area contributed by atoms with Gasteiger partial charge in [0.25, 0.3) is 0 Å². The maximum absolute atomic E-state index is 11.5. The molecule has 118 valence electrons. The predicted octanol–water partition coefficient (Wildman–Crippen LogP) is 2.12. The number of rotatable bonds is 4. The van der Waals surface area contributed by atoms with E-state index < -0.39 is 18.0 Å². The van der Waals surface area contributed by atoms with Gasteiger partial charge in [-0.25, -0.2) is 9.59 Å². The highest BCUT2D eigenvalue weighted by molar-refractivity contribution is 9.13. The Morgan fingerprint density at radius 1 is 1.45 bits per heavy atom. The van der Waals surface area contributed by atoms with Gasteiger partial charge in [0.2, 0.25) is 0 Å². The fraction of sp³-hybridized carbons (Fsp3) is 0.308. The molecule has 0 aromatic carbocycles. The number of hydrogen-bond donors (Lipinski definition) is 3. The molecule has 0 saturated carbocycles. The van der Waals surface area contributed by atoms with Gasteiger partial charge in [-0.2, -0.15) is 5.10 Å². The Morgan fingerprint density at radius 2 is 2.14 bits per heavy atom. The number of aliphatic carboxylic acids is 2. The molecule has 3 N–H and O–H groups in total. The Hall–Kier alpha value is -1.45. The van der Waals surface area contributed by atoms with Crippen LogP contribution in [0.15, 0.2) is 26.8 Å². The zero-order chi connectivity index (χ0) is 16.4. The van der Waals surface area contributed by atoms with Crippen molar-refractivity contribution in [1.82, 2.24) is 15.1 Å². The summed E-state index contributed by atoms with van der Waals surface area (Å²) in [5, 5.41) is 25.3. The molecule has 9 heteroatoms. The van der Waals surface area contributed by atoms with Gasteiger partial charge >= 0.3 is 11.9 Å². The molecule has 2 heterocycles. The number of nitrogens with zero attached hydrogens (tertiary/aromatic N) is 2. The van der Waals surface area contributed by atoms with Crippen molar-refractivity contribution >= 4 is 49.4 Å². The lowest BCUT2D eigenvalue weighted by atomic mass is 9.91. The van der Waals surface area contributed by atoms with Crippen LogP contribution < -0.4 is 0 Å². The first-order valence-electron chi connectivity index (χ1n) is 6.30. The van der Waals surface area contributed by atoms with Crippen LogP contribution in [0.2, 0.25) is 0 Å². The van der Waals surface area contributed by atoms with E-state index in [1.54, 1.807) is 11.9 Å². The molecule has 0 aliphatic carbocycles. The summed E-state index contributed by atoms with van der Waals surface area (Å²) < 4.78 is 1.30. The van der Waals surface area contributed by atoms with Crippen molar-refractivity contribution in [3.8, 4) is 0 Å². The van der Waals surface area contributed by atoms with Crippen LogP contribution in [0.3, 0.4) is 0 Å². The maximum Gasteiger partial charge on any atom is 0.333 e. The molecule has 1 aromatic rings. The third-order valence-corrected chi connectivity index (χ3v) is 5.22. The largest absolute Gasteiger partial charge is 0.478 e. The van der Waals surface area contributed by atoms with Gasteiger partial charge in [-0.05, 0) is 50.9 Å². The second kappa shape index (κ2) is 6.76. The van der Waals surface area contributed by atoms with Crippen molar-refractivity contribution in [2.24, 2.45) is 0 Å². The smallest absolute Gasteiger partial charge is 0.333 e. The fourth-order valence-corrected chi connectivity index (χ4v) is 3.10. The van der Waals surface area contributed by atoms with E-state index in [4.69, 9.17) is 5.11 Å². The molecule has 1 aliphatic heterocycles. The minimum atomic E-state index is -1.29. The molecule has 1 aliphatic rings. The number of H-pyrrole nitrogens is 1. The predicted molar refractivity (Wildman–Crippen MR) is 86.4 cm³/mol. The molecule has 1 atom stereocenters. The van der Waals surface area contributed by atoms with Crippen LogP contribution in [-0.4, -0.2) is 56.9 Å². The lowest BCUT2D eigenvalue weighted by molar-refractivity contribution is -0.135. The number of carboxylic acids is 2. The van der Waals surface area contributed by atoms with Gasteiger partial charge in [-0.15, -0.1) is 0 Å². The number of hydrogen-bond acceptors (Lipinski definition) is 4. The van der Waals surface area contributed by atoms with Crippen LogP contribution in [-0.2, 0) is 9.59 Å². The number of aromatic nitrogens is 2. The number of halogens is 2. The summed E-state index contributed by atoms with van der Waals surface area (Å²) in [6.07, 6.45) is 3.34. The summed E-state index contributed by atoms with van der Waals surface area (Å²) in [5.74, 6) is -2.56. The maximum atomic E-state index is 11.5. The van der Waals surface area contributed by atoms with Crippen molar-refractivity contribution in [1.29, 1.82) is 0 Å². The van der Waals surface area contributed by atoms with Gasteiger partial charge in [0.15, 0.2) is 0 Å². The minimum Gasteiger partial charge on any atom is -0.478 e. The van der Waals surface area contributed by atoms with E-state index in [1.807, 2.05) is 6.08 Å². The van der Waals surface area contributed by atoms with Crippen LogP contribution in [0, 0.1) is 0 Å². The van der Waals surface area contributed by atoms with Gasteiger partial charge in [0, 0.05) is 12.6 Å². The van der Waals surface area contributed by atoms with Crippen molar-refractivity contribution < 1.29 is 19.8 Å². The lowest BCUT2D eigenvalue weighted by Gasteiger charge is -2.33. The quantitative estimate of drug-likeness (QED) is 0.626. The Kier molecular flexibility index (Phi) is 5.20. The molecule has 0 radical (unpaired) electrons. The molecule has 7 nitrogen and oxygen atoms in total. The van der Waals surface area contributed by atoms with Gasteiger partial charge in [-0.1, -0.05) is 6.08 Å². The Balaban J connectivity index is 2.56. The molecule has 1 aromatic heterocycles. The minimum absolute atomic E-state index is 0.202. The van der Waals surface area contributed by atoms with E-state index in [-0.39, 0.29) is 5.57 Å². The third kappa shape index (κ3) is 3.31. The number of nitrogens with one attached hydrogen (secondary N) is 1. The van der Waals surface area contributed by atoms with Crippen molar-refractivity contribution in [3.05, 3.63) is 32.5 Å². The summed E-state index contributed by atoms with van der Waals surface area (Å²) in [6, 6.07) is -0.686. The highest BCUT2D eigenvalue weighted by Gasteiger charge is 2.33. The zero-order valence-corrected chi connectivity index (χ0v) is 14.7. The van der Waals surface area contributed by atoms with Crippen molar-refractivity contribution in [2.45, 2.75) is 12.5 Å². The molecule has 0 spiro atoms. The SMILES string of the molecule is CN1CCC=C(c2n[nH]c(Br)c2Br)C1C(=CC(=O)O)C(=O)O. The van der Waals surface area contributed by atoms with E-state index in [0.29, 0.717) is 26.9 Å². The molecule has 0 saturated heterocycles. The Morgan fingerprint density at radius 3 is 2.64 bits per heavy atom. The highest BCUT2D eigenvalue weighted by atomic mass is 79.9. The third-order valence-electron chi connectivity index (χ3n) is 3.34. The van der Waals surface area contributed by atoms with Gasteiger partial charge in [0.05, 0.1) is 16.1 Å². The summed E-state index contributed by atoms with van der Waals surface area (Å²) in [7, 11) is 1.76. The van der Waals surface area contributed by atoms with Gasteiger partial charge in [0.1, 0.15) is 10.3 Å². The number of carboxylic acid groups (broad SMARTS) is 2. The molecular formula is C13H13Br2N3O4. The van der Waals surface area contributed by atoms with Crippen LogP contribution >= 0.6 is 31.9 Å². The van der Waals surface area contributed by atoms with Gasteiger partial charge < -0.3 is 10.2 Å². The van der Waals surface area contributed by atoms with E-state index in [0.717, 1.165) is 12.5 Å². The first-order chi connectivity index (χ1) is 10.3. The summed E-state index contributed by atoms with van der Waals surface area (Å²) in [4.78, 5) is 24.3. The van der Waals surface area contributed by atoms with E-state index in [1.165, 1.54) is 0 Å². The first-order valence-corrected chi connectivity index (χ1v) is 7.89. The first kappa shape index (κ1) is 16.9. The van der Waals surface area contributed by atoms with E-state index in [2.05, 4.69) is 42.1 Å². The molecule has 22 heavy (non-hydrogen) atoms. The monoisotopic (exact) mass is 433 g/mol. The average molecular weight is 435 g/mol. The summed E-state index contributed by atoms with van der Waals surface area (Å²) in [6.45, 7) is 0.627. The molecule has 2 rings (SSSR count). The Bertz CT molecular complexity index is 681. The highest BCUT2D eigenvalue weighted by Crippen LogP contribution is 2.36. The second-order valence-corrected chi connectivity index (χ2v) is 6.36. The topological polar surface area (TPSA) is 107 Å². The van der Waals surface area contributed by atoms with Crippen LogP contribution in [0.5, 0.6) is 0 Å². The molecule has 0 amide bonds.